The van der Waals surface area contributed by atoms with Crippen LogP contribution in [0, 0.1) is 6.92 Å². The summed E-state index contributed by atoms with van der Waals surface area (Å²) in [4.78, 5) is 35.4. The Labute approximate surface area is 154 Å². The number of nitrogens with one attached hydrogen (secondary N) is 1. The Balaban J connectivity index is 1.71. The van der Waals surface area contributed by atoms with Gasteiger partial charge in [-0.1, -0.05) is 45.8 Å². The minimum Gasteiger partial charge on any atom is -0.457 e. The molecule has 0 aromatic heterocycles. The van der Waals surface area contributed by atoms with Crippen LogP contribution in [-0.4, -0.2) is 24.3 Å². The second-order valence-electron chi connectivity index (χ2n) is 5.50. The number of carbonyl (C=O) groups excluding carboxylic acids is 3. The Bertz CT molecular complexity index is 754. The predicted molar refractivity (Wildman–Crippen MR) is 98.5 cm³/mol. The number of aryl methyl sites for hydroxylation is 1. The lowest BCUT2D eigenvalue weighted by atomic mass is 10.1. The first-order chi connectivity index (χ1) is 11.9. The zero-order valence-corrected chi connectivity index (χ0v) is 15.3. The van der Waals surface area contributed by atoms with Gasteiger partial charge in [0, 0.05) is 22.1 Å². The van der Waals surface area contributed by atoms with Gasteiger partial charge in [0.25, 0.3) is 0 Å². The molecule has 1 amide bonds. The Morgan fingerprint density at radius 2 is 1.60 bits per heavy atom. The van der Waals surface area contributed by atoms with Crippen molar-refractivity contribution in [2.24, 2.45) is 0 Å². The van der Waals surface area contributed by atoms with Crippen molar-refractivity contribution in [1.82, 2.24) is 0 Å². The van der Waals surface area contributed by atoms with Crippen molar-refractivity contribution >= 4 is 39.3 Å². The summed E-state index contributed by atoms with van der Waals surface area (Å²) in [5.41, 5.74) is 2.24. The van der Waals surface area contributed by atoms with Gasteiger partial charge in [0.2, 0.25) is 5.91 Å². The Hall–Kier alpha value is -2.47. The molecule has 0 spiro atoms. The molecular formula is C19H18BrNO4. The molecule has 0 saturated carbocycles. The van der Waals surface area contributed by atoms with Crippen molar-refractivity contribution in [1.29, 1.82) is 0 Å². The van der Waals surface area contributed by atoms with Crippen LogP contribution < -0.4 is 5.32 Å². The van der Waals surface area contributed by atoms with Gasteiger partial charge in [0.05, 0.1) is 6.42 Å². The van der Waals surface area contributed by atoms with Crippen molar-refractivity contribution in [2.45, 2.75) is 19.8 Å². The highest BCUT2D eigenvalue weighted by atomic mass is 79.9. The second kappa shape index (κ2) is 9.13. The summed E-state index contributed by atoms with van der Waals surface area (Å²) in [6.45, 7) is 1.62. The van der Waals surface area contributed by atoms with E-state index < -0.39 is 5.97 Å². The van der Waals surface area contributed by atoms with E-state index in [1.54, 1.807) is 36.4 Å². The fourth-order valence-electron chi connectivity index (χ4n) is 2.01. The van der Waals surface area contributed by atoms with Crippen molar-refractivity contribution in [2.75, 3.05) is 11.9 Å². The highest BCUT2D eigenvalue weighted by molar-refractivity contribution is 9.10. The number of rotatable bonds is 7. The van der Waals surface area contributed by atoms with Crippen molar-refractivity contribution in [3.05, 3.63) is 64.1 Å². The molecule has 0 aliphatic rings. The minimum absolute atomic E-state index is 0.000810. The number of anilines is 1. The molecule has 2 aromatic carbocycles. The van der Waals surface area contributed by atoms with Crippen LogP contribution in [0.5, 0.6) is 0 Å². The van der Waals surface area contributed by atoms with Gasteiger partial charge < -0.3 is 10.1 Å². The van der Waals surface area contributed by atoms with Crippen LogP contribution in [0.3, 0.4) is 0 Å². The van der Waals surface area contributed by atoms with Gasteiger partial charge >= 0.3 is 5.97 Å². The molecule has 0 fully saturated rings. The minimum atomic E-state index is -0.579. The molecule has 0 bridgehead atoms. The number of ketones is 1. The molecule has 0 radical (unpaired) electrons. The lowest BCUT2D eigenvalue weighted by molar-refractivity contribution is -0.143. The number of amides is 1. The van der Waals surface area contributed by atoms with E-state index in [-0.39, 0.29) is 31.1 Å². The molecule has 2 aromatic rings. The molecule has 0 atom stereocenters. The summed E-state index contributed by atoms with van der Waals surface area (Å²) >= 11 is 3.28. The van der Waals surface area contributed by atoms with Gasteiger partial charge in [-0.2, -0.15) is 0 Å². The summed E-state index contributed by atoms with van der Waals surface area (Å²) in [6, 6.07) is 14.1. The van der Waals surface area contributed by atoms with Crippen molar-refractivity contribution < 1.29 is 19.1 Å². The predicted octanol–water partition coefficient (Wildman–Crippen LogP) is 3.90. The van der Waals surface area contributed by atoms with E-state index in [9.17, 15) is 14.4 Å². The fraction of sp³-hybridized carbons (Fsp3) is 0.211. The highest BCUT2D eigenvalue weighted by Crippen LogP contribution is 2.12. The third-order valence-corrected chi connectivity index (χ3v) is 3.95. The van der Waals surface area contributed by atoms with E-state index >= 15 is 0 Å². The molecule has 1 N–H and O–H groups in total. The lowest BCUT2D eigenvalue weighted by Crippen LogP contribution is -2.17. The largest absolute Gasteiger partial charge is 0.457 e. The summed E-state index contributed by atoms with van der Waals surface area (Å²) < 4.78 is 5.79. The van der Waals surface area contributed by atoms with E-state index in [0.717, 1.165) is 10.0 Å². The van der Waals surface area contributed by atoms with Crippen LogP contribution in [-0.2, 0) is 14.3 Å². The average Bonchev–Trinajstić information content (AvgIpc) is 2.60. The second-order valence-corrected chi connectivity index (χ2v) is 6.42. The third kappa shape index (κ3) is 6.51. The topological polar surface area (TPSA) is 72.5 Å². The van der Waals surface area contributed by atoms with Gasteiger partial charge in [-0.05, 0) is 31.2 Å². The summed E-state index contributed by atoms with van der Waals surface area (Å²) in [5, 5.41) is 2.70. The fourth-order valence-corrected chi connectivity index (χ4v) is 2.28. The van der Waals surface area contributed by atoms with Crippen LogP contribution in [0.15, 0.2) is 53.0 Å². The summed E-state index contributed by atoms with van der Waals surface area (Å²) in [5.74, 6) is -1.14. The van der Waals surface area contributed by atoms with E-state index in [1.807, 2.05) is 19.1 Å². The average molecular weight is 404 g/mol. The van der Waals surface area contributed by atoms with Gasteiger partial charge in [-0.25, -0.2) is 0 Å². The molecule has 0 aliphatic heterocycles. The highest BCUT2D eigenvalue weighted by Gasteiger charge is 2.12. The molecule has 0 aliphatic carbocycles. The van der Waals surface area contributed by atoms with Crippen molar-refractivity contribution in [3.63, 3.8) is 0 Å². The first-order valence-electron chi connectivity index (χ1n) is 7.75. The molecule has 25 heavy (non-hydrogen) atoms. The number of esters is 1. The molecule has 6 heteroatoms. The monoisotopic (exact) mass is 403 g/mol. The summed E-state index contributed by atoms with van der Waals surface area (Å²) in [7, 11) is 0. The van der Waals surface area contributed by atoms with E-state index in [2.05, 4.69) is 21.2 Å². The number of hydrogen-bond acceptors (Lipinski definition) is 4. The zero-order valence-electron chi connectivity index (χ0n) is 13.8. The van der Waals surface area contributed by atoms with Crippen LogP contribution in [0.2, 0.25) is 0 Å². The molecule has 0 heterocycles. The maximum Gasteiger partial charge on any atom is 0.306 e. The molecule has 0 saturated heterocycles. The maximum absolute atomic E-state index is 11.9. The van der Waals surface area contributed by atoms with E-state index in [1.165, 1.54) is 0 Å². The van der Waals surface area contributed by atoms with Crippen LogP contribution in [0.1, 0.15) is 28.8 Å². The van der Waals surface area contributed by atoms with Crippen LogP contribution in [0.25, 0.3) is 0 Å². The molecule has 5 nitrogen and oxygen atoms in total. The third-order valence-electron chi connectivity index (χ3n) is 3.42. The van der Waals surface area contributed by atoms with Crippen molar-refractivity contribution in [3.8, 4) is 0 Å². The molecule has 2 rings (SSSR count). The molecule has 130 valence electrons. The lowest BCUT2D eigenvalue weighted by Gasteiger charge is -2.06. The van der Waals surface area contributed by atoms with E-state index in [4.69, 9.17) is 4.74 Å². The number of Topliss-reactive ketones (excluding diaryl/α,β-unsaturated/α-hetero) is 1. The van der Waals surface area contributed by atoms with Crippen LogP contribution >= 0.6 is 15.9 Å². The standard InChI is InChI=1S/C19H18BrNO4/c1-13-2-8-16(9-3-13)21-18(23)10-11-19(24)25-12-17(22)14-4-6-15(20)7-5-14/h2-9H,10-12H2,1H3,(H,21,23). The maximum atomic E-state index is 11.9. The Morgan fingerprint density at radius 1 is 0.960 bits per heavy atom. The SMILES string of the molecule is Cc1ccc(NC(=O)CCC(=O)OCC(=O)c2ccc(Br)cc2)cc1. The molecule has 0 unspecified atom stereocenters. The quantitative estimate of drug-likeness (QED) is 0.561. The zero-order chi connectivity index (χ0) is 18.2. The first kappa shape index (κ1) is 18.9. The van der Waals surface area contributed by atoms with Gasteiger partial charge in [0.15, 0.2) is 12.4 Å². The van der Waals surface area contributed by atoms with Gasteiger partial charge in [-0.3, -0.25) is 14.4 Å². The number of ether oxygens (including phenoxy) is 1. The number of halogens is 1. The summed E-state index contributed by atoms with van der Waals surface area (Å²) in [6.07, 6.45) is -0.0789. The Morgan fingerprint density at radius 3 is 2.24 bits per heavy atom. The first-order valence-corrected chi connectivity index (χ1v) is 8.54. The Kier molecular flexibility index (Phi) is 6.89. The number of benzene rings is 2. The number of hydrogen-bond donors (Lipinski definition) is 1. The van der Waals surface area contributed by atoms with Gasteiger partial charge in [0.1, 0.15) is 0 Å². The van der Waals surface area contributed by atoms with Gasteiger partial charge in [-0.15, -0.1) is 0 Å². The van der Waals surface area contributed by atoms with E-state index in [0.29, 0.717) is 11.3 Å². The molecular weight excluding hydrogens is 386 g/mol. The normalized spacial score (nSPS) is 10.2. The van der Waals surface area contributed by atoms with Crippen LogP contribution in [0.4, 0.5) is 5.69 Å². The smallest absolute Gasteiger partial charge is 0.306 e. The number of carbonyl (C=O) groups is 3.